The minimum Gasteiger partial charge on any atom is -0.497 e. The number of hydrogen-bond acceptors (Lipinski definition) is 4. The lowest BCUT2D eigenvalue weighted by atomic mass is 10.2. The van der Waals surface area contributed by atoms with Crippen molar-refractivity contribution in [2.45, 2.75) is 6.92 Å². The van der Waals surface area contributed by atoms with Crippen molar-refractivity contribution in [1.82, 2.24) is 0 Å². The number of benzene rings is 1. The van der Waals surface area contributed by atoms with Gasteiger partial charge < -0.3 is 9.47 Å². The maximum Gasteiger partial charge on any atom is 0.220 e. The molecule has 1 aromatic rings. The van der Waals surface area contributed by atoms with Gasteiger partial charge in [-0.05, 0) is 17.9 Å². The van der Waals surface area contributed by atoms with Crippen LogP contribution in [0.25, 0.3) is 0 Å². The van der Waals surface area contributed by atoms with Crippen LogP contribution >= 0.6 is 24.4 Å². The summed E-state index contributed by atoms with van der Waals surface area (Å²) >= 11 is 5.61. The van der Waals surface area contributed by atoms with Crippen LogP contribution in [-0.4, -0.2) is 30.3 Å². The van der Waals surface area contributed by atoms with Crippen molar-refractivity contribution in [1.29, 1.82) is 0 Å². The van der Waals surface area contributed by atoms with Crippen LogP contribution in [0.4, 0.5) is 0 Å². The van der Waals surface area contributed by atoms with Gasteiger partial charge in [0.1, 0.15) is 11.5 Å². The van der Waals surface area contributed by atoms with Crippen LogP contribution in [0.5, 0.6) is 11.5 Å². The first kappa shape index (κ1) is 14.3. The Morgan fingerprint density at radius 3 is 2.82 bits per heavy atom. The van der Waals surface area contributed by atoms with Gasteiger partial charge in [0.25, 0.3) is 0 Å². The molecule has 0 saturated carbocycles. The van der Waals surface area contributed by atoms with E-state index in [2.05, 4.69) is 19.6 Å². The Bertz CT molecular complexity index is 380. The molecule has 0 atom stereocenters. The summed E-state index contributed by atoms with van der Waals surface area (Å²) in [5.74, 6) is 3.15. The minimum absolute atomic E-state index is 0.300. The summed E-state index contributed by atoms with van der Waals surface area (Å²) in [6.07, 6.45) is 0. The fourth-order valence-electron chi connectivity index (χ4n) is 1.28. The highest BCUT2D eigenvalue weighted by Gasteiger charge is 2.10. The van der Waals surface area contributed by atoms with Gasteiger partial charge in [-0.3, -0.25) is 4.79 Å². The lowest BCUT2D eigenvalue weighted by molar-refractivity contribution is 0.108. The van der Waals surface area contributed by atoms with E-state index >= 15 is 0 Å². The first-order chi connectivity index (χ1) is 8.19. The van der Waals surface area contributed by atoms with E-state index in [-0.39, 0.29) is 5.12 Å². The first-order valence-electron chi connectivity index (χ1n) is 5.31. The Labute approximate surface area is 111 Å². The third-order valence-electron chi connectivity index (χ3n) is 2.11. The van der Waals surface area contributed by atoms with Crippen LogP contribution in [0.15, 0.2) is 18.2 Å². The van der Waals surface area contributed by atoms with Crippen LogP contribution < -0.4 is 9.47 Å². The van der Waals surface area contributed by atoms with Crippen molar-refractivity contribution in [2.24, 2.45) is 0 Å². The molecule has 1 aromatic carbocycles. The molecule has 94 valence electrons. The maximum absolute atomic E-state index is 11.3. The van der Waals surface area contributed by atoms with Gasteiger partial charge in [-0.2, -0.15) is 11.8 Å². The van der Waals surface area contributed by atoms with Gasteiger partial charge in [-0.1, -0.05) is 6.92 Å². The highest BCUT2D eigenvalue weighted by atomic mass is 32.2. The molecule has 0 heterocycles. The number of ether oxygens (including phenoxy) is 2. The summed E-state index contributed by atoms with van der Waals surface area (Å²) in [7, 11) is 1.58. The topological polar surface area (TPSA) is 35.5 Å². The molecular weight excluding hydrogens is 256 g/mol. The highest BCUT2D eigenvalue weighted by Crippen LogP contribution is 2.26. The zero-order valence-corrected chi connectivity index (χ0v) is 11.6. The Morgan fingerprint density at radius 2 is 2.24 bits per heavy atom. The molecule has 0 fully saturated rings. The molecule has 1 rings (SSSR count). The largest absolute Gasteiger partial charge is 0.497 e. The van der Waals surface area contributed by atoms with Crippen molar-refractivity contribution in [3.8, 4) is 11.5 Å². The van der Waals surface area contributed by atoms with E-state index in [1.807, 2.05) is 0 Å². The average molecular weight is 272 g/mol. The molecule has 5 heteroatoms. The lowest BCUT2D eigenvalue weighted by Crippen LogP contribution is -2.04. The standard InChI is InChI=1S/C12H16O3S2/c1-3-17-7-6-15-11-8-9(14-2)4-5-10(11)12(13)16/h4-5,8H,3,6-7H2,1-2H3,(H,13,16). The number of methoxy groups -OCH3 is 1. The number of carbonyl (C=O) groups is 1. The molecule has 0 aliphatic heterocycles. The fourth-order valence-corrected chi connectivity index (χ4v) is 1.96. The van der Waals surface area contributed by atoms with Crippen LogP contribution in [0.2, 0.25) is 0 Å². The molecule has 0 aromatic heterocycles. The van der Waals surface area contributed by atoms with E-state index in [1.165, 1.54) is 0 Å². The second-order valence-corrected chi connectivity index (χ2v) is 5.01. The fraction of sp³-hybridized carbons (Fsp3) is 0.417. The number of thioether (sulfide) groups is 1. The minimum atomic E-state index is -0.300. The van der Waals surface area contributed by atoms with Crippen LogP contribution in [0, 0.1) is 0 Å². The van der Waals surface area contributed by atoms with Gasteiger partial charge >= 0.3 is 0 Å². The Hall–Kier alpha value is -0.810. The maximum atomic E-state index is 11.3. The molecule has 0 unspecified atom stereocenters. The zero-order valence-electron chi connectivity index (χ0n) is 9.93. The van der Waals surface area contributed by atoms with Crippen molar-refractivity contribution >= 4 is 29.5 Å². The Kier molecular flexibility index (Phi) is 6.29. The van der Waals surface area contributed by atoms with Crippen LogP contribution in [0.3, 0.4) is 0 Å². The Balaban J connectivity index is 2.75. The third kappa shape index (κ3) is 4.52. The smallest absolute Gasteiger partial charge is 0.220 e. The quantitative estimate of drug-likeness (QED) is 0.611. The van der Waals surface area contributed by atoms with Gasteiger partial charge in [-0.15, -0.1) is 12.6 Å². The van der Waals surface area contributed by atoms with Crippen molar-refractivity contribution < 1.29 is 14.3 Å². The van der Waals surface area contributed by atoms with Crippen molar-refractivity contribution in [3.63, 3.8) is 0 Å². The van der Waals surface area contributed by atoms with E-state index in [1.54, 1.807) is 37.1 Å². The molecule has 0 aliphatic rings. The van der Waals surface area contributed by atoms with Gasteiger partial charge in [0, 0.05) is 11.8 Å². The van der Waals surface area contributed by atoms with Crippen LogP contribution in [0.1, 0.15) is 17.3 Å². The molecule has 17 heavy (non-hydrogen) atoms. The predicted molar refractivity (Wildman–Crippen MR) is 74.8 cm³/mol. The van der Waals surface area contributed by atoms with E-state index in [0.29, 0.717) is 23.7 Å². The molecule has 0 aliphatic carbocycles. The second-order valence-electron chi connectivity index (χ2n) is 3.21. The average Bonchev–Trinajstić information content (AvgIpc) is 2.34. The number of carbonyl (C=O) groups excluding carboxylic acids is 1. The normalized spacial score (nSPS) is 10.1. The molecule has 0 N–H and O–H groups in total. The summed E-state index contributed by atoms with van der Waals surface area (Å²) in [5.41, 5.74) is 0.468. The summed E-state index contributed by atoms with van der Waals surface area (Å²) < 4.78 is 10.7. The first-order valence-corrected chi connectivity index (χ1v) is 6.91. The van der Waals surface area contributed by atoms with Gasteiger partial charge in [0.2, 0.25) is 5.12 Å². The summed E-state index contributed by atoms with van der Waals surface area (Å²) in [6.45, 7) is 2.67. The molecule has 0 radical (unpaired) electrons. The third-order valence-corrected chi connectivity index (χ3v) is 3.21. The zero-order chi connectivity index (χ0) is 12.7. The molecule has 0 spiro atoms. The molecule has 3 nitrogen and oxygen atoms in total. The summed E-state index contributed by atoms with van der Waals surface area (Å²) in [5, 5.41) is -0.300. The molecule has 0 saturated heterocycles. The Morgan fingerprint density at radius 1 is 1.47 bits per heavy atom. The summed E-state index contributed by atoms with van der Waals surface area (Å²) in [6, 6.07) is 5.09. The number of thiol groups is 1. The number of hydrogen-bond donors (Lipinski definition) is 1. The number of rotatable bonds is 7. The highest BCUT2D eigenvalue weighted by molar-refractivity contribution is 7.99. The molecule has 0 amide bonds. The van der Waals surface area contributed by atoms with Crippen molar-refractivity contribution in [2.75, 3.05) is 25.2 Å². The second kappa shape index (κ2) is 7.50. The van der Waals surface area contributed by atoms with E-state index in [4.69, 9.17) is 9.47 Å². The molecular formula is C12H16O3S2. The van der Waals surface area contributed by atoms with Crippen LogP contribution in [-0.2, 0) is 0 Å². The van der Waals surface area contributed by atoms with Crippen molar-refractivity contribution in [3.05, 3.63) is 23.8 Å². The monoisotopic (exact) mass is 272 g/mol. The van der Waals surface area contributed by atoms with Gasteiger partial charge in [-0.25, -0.2) is 0 Å². The van der Waals surface area contributed by atoms with E-state index in [9.17, 15) is 4.79 Å². The molecule has 0 bridgehead atoms. The summed E-state index contributed by atoms with van der Waals surface area (Å²) in [4.78, 5) is 11.3. The van der Waals surface area contributed by atoms with Gasteiger partial charge in [0.15, 0.2) is 0 Å². The van der Waals surface area contributed by atoms with Gasteiger partial charge in [0.05, 0.1) is 19.3 Å². The van der Waals surface area contributed by atoms with E-state index in [0.717, 1.165) is 11.5 Å². The van der Waals surface area contributed by atoms with E-state index < -0.39 is 0 Å². The SMILES string of the molecule is CCSCCOc1cc(OC)ccc1C(=O)S. The predicted octanol–water partition coefficient (Wildman–Crippen LogP) is 2.90. The lowest BCUT2D eigenvalue weighted by Gasteiger charge is -2.10.